The molecule has 1 aliphatic carbocycles. The first-order valence-corrected chi connectivity index (χ1v) is 9.78. The van der Waals surface area contributed by atoms with E-state index in [-0.39, 0.29) is 17.0 Å². The van der Waals surface area contributed by atoms with Crippen LogP contribution in [0, 0.1) is 0 Å². The summed E-state index contributed by atoms with van der Waals surface area (Å²) in [5, 5.41) is 11.8. The number of rotatable bonds is 3. The number of hydrogen-bond acceptors (Lipinski definition) is 3. The van der Waals surface area contributed by atoms with Crippen LogP contribution in [0.4, 0.5) is 5.95 Å². The van der Waals surface area contributed by atoms with Crippen LogP contribution in [-0.2, 0) is 12.3 Å². The molecule has 2 aliphatic rings. The van der Waals surface area contributed by atoms with Crippen LogP contribution >= 0.6 is 0 Å². The normalized spacial score (nSPS) is 21.4. The zero-order chi connectivity index (χ0) is 18.3. The Morgan fingerprint density at radius 2 is 1.61 bits per heavy atom. The molecule has 0 radical (unpaired) electrons. The molecule has 2 heterocycles. The average Bonchev–Trinajstić information content (AvgIpc) is 3.34. The van der Waals surface area contributed by atoms with E-state index in [1.54, 1.807) is 0 Å². The van der Waals surface area contributed by atoms with Crippen LogP contribution in [0.1, 0.15) is 31.2 Å². The molecular formula is C23H24BrN3O. The summed E-state index contributed by atoms with van der Waals surface area (Å²) in [7, 11) is 0. The van der Waals surface area contributed by atoms with E-state index in [9.17, 15) is 5.11 Å². The van der Waals surface area contributed by atoms with Crippen molar-refractivity contribution in [2.24, 2.45) is 0 Å². The molecule has 3 aromatic rings. The topological polar surface area (TPSA) is 40.2 Å². The molecule has 144 valence electrons. The molecule has 1 saturated carbocycles. The monoisotopic (exact) mass is 437 g/mol. The molecule has 1 fully saturated rings. The number of hydrogen-bond donors (Lipinski definition) is 1. The fourth-order valence-electron chi connectivity index (χ4n) is 4.61. The summed E-state index contributed by atoms with van der Waals surface area (Å²) in [6.07, 6.45) is 8.49. The zero-order valence-electron chi connectivity index (χ0n) is 15.7. The third-order valence-electron chi connectivity index (χ3n) is 5.95. The van der Waals surface area contributed by atoms with Crippen LogP contribution < -0.4 is 26.4 Å². The van der Waals surface area contributed by atoms with Gasteiger partial charge in [0.05, 0.1) is 12.2 Å². The average molecular weight is 438 g/mol. The minimum Gasteiger partial charge on any atom is -1.00 e. The molecule has 28 heavy (non-hydrogen) atoms. The van der Waals surface area contributed by atoms with E-state index in [4.69, 9.17) is 0 Å². The predicted molar refractivity (Wildman–Crippen MR) is 105 cm³/mol. The number of halogens is 1. The van der Waals surface area contributed by atoms with Crippen molar-refractivity contribution in [2.45, 2.75) is 44.0 Å². The molecule has 0 spiro atoms. The third-order valence-corrected chi connectivity index (χ3v) is 5.95. The maximum absolute atomic E-state index is 11.8. The maximum Gasteiger partial charge on any atom is 0.397 e. The molecule has 5 heteroatoms. The van der Waals surface area contributed by atoms with Crippen LogP contribution in [0.5, 0.6) is 0 Å². The molecule has 4 nitrogen and oxygen atoms in total. The number of fused-ring (bicyclic) bond motifs is 1. The highest BCUT2D eigenvalue weighted by Crippen LogP contribution is 2.40. The molecule has 1 atom stereocenters. The maximum atomic E-state index is 11.8. The molecule has 0 amide bonds. The van der Waals surface area contributed by atoms with E-state index < -0.39 is 5.72 Å². The van der Waals surface area contributed by atoms with E-state index in [2.05, 4.69) is 63.0 Å². The van der Waals surface area contributed by atoms with Crippen LogP contribution in [-0.4, -0.2) is 16.1 Å². The molecule has 0 bridgehead atoms. The van der Waals surface area contributed by atoms with E-state index >= 15 is 0 Å². The van der Waals surface area contributed by atoms with Gasteiger partial charge in [0.1, 0.15) is 12.7 Å². The molecule has 5 rings (SSSR count). The summed E-state index contributed by atoms with van der Waals surface area (Å²) in [6.45, 7) is 0.511. The van der Waals surface area contributed by atoms with E-state index in [0.29, 0.717) is 12.6 Å². The van der Waals surface area contributed by atoms with Crippen molar-refractivity contribution in [3.05, 3.63) is 78.6 Å². The summed E-state index contributed by atoms with van der Waals surface area (Å²) in [5.74, 6) is 0.874. The lowest BCUT2D eigenvalue weighted by molar-refractivity contribution is -0.685. The Morgan fingerprint density at radius 3 is 2.32 bits per heavy atom. The van der Waals surface area contributed by atoms with Gasteiger partial charge < -0.3 is 22.1 Å². The minimum atomic E-state index is -1.05. The molecule has 1 aromatic heterocycles. The van der Waals surface area contributed by atoms with Crippen molar-refractivity contribution in [3.8, 4) is 11.1 Å². The quantitative estimate of drug-likeness (QED) is 0.611. The fraction of sp³-hybridized carbons (Fsp3) is 0.304. The lowest BCUT2D eigenvalue weighted by Crippen LogP contribution is -3.00. The smallest absolute Gasteiger partial charge is 0.397 e. The number of aliphatic hydroxyl groups is 1. The number of anilines is 1. The molecule has 0 saturated heterocycles. The van der Waals surface area contributed by atoms with Gasteiger partial charge in [-0.3, -0.25) is 0 Å². The lowest BCUT2D eigenvalue weighted by Gasteiger charge is -2.32. The van der Waals surface area contributed by atoms with Crippen molar-refractivity contribution in [3.63, 3.8) is 0 Å². The van der Waals surface area contributed by atoms with Crippen molar-refractivity contribution >= 4 is 5.95 Å². The largest absolute Gasteiger partial charge is 1.00 e. The van der Waals surface area contributed by atoms with Gasteiger partial charge in [-0.25, -0.2) is 9.47 Å². The Balaban J connectivity index is 0.00000192. The van der Waals surface area contributed by atoms with Crippen molar-refractivity contribution < 1.29 is 26.7 Å². The second kappa shape index (κ2) is 7.64. The van der Waals surface area contributed by atoms with Gasteiger partial charge in [0.15, 0.2) is 0 Å². The van der Waals surface area contributed by atoms with E-state index in [0.717, 1.165) is 29.9 Å². The number of benzene rings is 2. The Morgan fingerprint density at radius 1 is 0.929 bits per heavy atom. The van der Waals surface area contributed by atoms with Gasteiger partial charge in [-0.05, 0) is 36.8 Å². The standard InChI is InChI=1S/C23H24N3O.BrH/c27-23(20-13-11-19(12-14-20)18-7-2-1-3-8-18)17-25-16-6-15-24-22(25)26(23)21-9-4-5-10-21;/h1-3,6-8,11-16,21,27H,4-5,9-10,17H2;1H/q+1;/p-1. The van der Waals surface area contributed by atoms with Crippen LogP contribution in [0.25, 0.3) is 11.1 Å². The predicted octanol–water partition coefficient (Wildman–Crippen LogP) is 0.648. The highest BCUT2D eigenvalue weighted by atomic mass is 79.9. The zero-order valence-corrected chi connectivity index (χ0v) is 17.3. The van der Waals surface area contributed by atoms with Gasteiger partial charge in [0.2, 0.25) is 5.72 Å². The number of nitrogens with zero attached hydrogens (tertiary/aromatic N) is 3. The van der Waals surface area contributed by atoms with Crippen LogP contribution in [0.15, 0.2) is 73.1 Å². The SMILES string of the molecule is OC1(c2ccc(-c3ccccc3)cc2)C[n+]2cccnc2N1C1CCCC1.[Br-]. The van der Waals surface area contributed by atoms with Crippen molar-refractivity contribution in [1.29, 1.82) is 0 Å². The molecule has 1 unspecified atom stereocenters. The molecule has 1 aliphatic heterocycles. The summed E-state index contributed by atoms with van der Waals surface area (Å²) in [6, 6.07) is 21.0. The molecule has 2 aromatic carbocycles. The Hall–Kier alpha value is -2.24. The fourth-order valence-corrected chi connectivity index (χ4v) is 4.61. The van der Waals surface area contributed by atoms with Crippen LogP contribution in [0.3, 0.4) is 0 Å². The van der Waals surface area contributed by atoms with Gasteiger partial charge in [-0.15, -0.1) is 0 Å². The Bertz CT molecular complexity index is 942. The van der Waals surface area contributed by atoms with Crippen LogP contribution in [0.2, 0.25) is 0 Å². The summed E-state index contributed by atoms with van der Waals surface area (Å²) in [4.78, 5) is 6.76. The highest BCUT2D eigenvalue weighted by molar-refractivity contribution is 5.63. The Labute approximate surface area is 176 Å². The van der Waals surface area contributed by atoms with Gasteiger partial charge in [0, 0.05) is 11.6 Å². The van der Waals surface area contributed by atoms with Crippen molar-refractivity contribution in [2.75, 3.05) is 4.90 Å². The summed E-state index contributed by atoms with van der Waals surface area (Å²) < 4.78 is 2.07. The van der Waals surface area contributed by atoms with E-state index in [1.165, 1.54) is 18.4 Å². The van der Waals surface area contributed by atoms with Gasteiger partial charge in [-0.2, -0.15) is 0 Å². The first-order valence-electron chi connectivity index (χ1n) is 9.78. The second-order valence-corrected chi connectivity index (χ2v) is 7.62. The summed E-state index contributed by atoms with van der Waals surface area (Å²) >= 11 is 0. The van der Waals surface area contributed by atoms with Crippen molar-refractivity contribution in [1.82, 2.24) is 4.98 Å². The first kappa shape index (κ1) is 19.1. The first-order chi connectivity index (χ1) is 13.3. The Kier molecular flexibility index (Phi) is 5.21. The van der Waals surface area contributed by atoms with Gasteiger partial charge in [0.25, 0.3) is 0 Å². The van der Waals surface area contributed by atoms with Gasteiger partial charge >= 0.3 is 5.95 Å². The number of aromatic nitrogens is 2. The third kappa shape index (κ3) is 3.12. The molecular weight excluding hydrogens is 414 g/mol. The van der Waals surface area contributed by atoms with Gasteiger partial charge in [-0.1, -0.05) is 59.6 Å². The second-order valence-electron chi connectivity index (χ2n) is 7.62. The lowest BCUT2D eigenvalue weighted by atomic mass is 9.96. The summed E-state index contributed by atoms with van der Waals surface area (Å²) in [5.41, 5.74) is 2.23. The van der Waals surface area contributed by atoms with E-state index in [1.807, 2.05) is 24.5 Å². The minimum absolute atomic E-state index is 0. The highest BCUT2D eigenvalue weighted by Gasteiger charge is 2.54. The molecule has 1 N–H and O–H groups in total.